The van der Waals surface area contributed by atoms with Gasteiger partial charge in [-0.15, -0.1) is 5.10 Å². The molecule has 8 heteroatoms. The largest absolute Gasteiger partial charge is 0.497 e. The number of halogens is 1. The fourth-order valence-corrected chi connectivity index (χ4v) is 3.53. The molecule has 0 aliphatic heterocycles. The minimum atomic E-state index is -0.324. The van der Waals surface area contributed by atoms with Crippen LogP contribution in [0.3, 0.4) is 0 Å². The molecular formula is C20H19ClN4O3. The number of aryl methyl sites for hydroxylation is 1. The lowest BCUT2D eigenvalue weighted by Gasteiger charge is -2.08. The van der Waals surface area contributed by atoms with E-state index in [1.54, 1.807) is 29.9 Å². The number of hydrogen-bond donors (Lipinski definition) is 0. The van der Waals surface area contributed by atoms with Crippen LogP contribution in [0.25, 0.3) is 16.7 Å². The van der Waals surface area contributed by atoms with E-state index in [4.69, 9.17) is 16.3 Å². The predicted molar refractivity (Wildman–Crippen MR) is 109 cm³/mol. The van der Waals surface area contributed by atoms with Crippen LogP contribution in [-0.2, 0) is 13.1 Å². The van der Waals surface area contributed by atoms with E-state index in [0.29, 0.717) is 34.0 Å². The van der Waals surface area contributed by atoms with Crippen molar-refractivity contribution < 1.29 is 4.74 Å². The summed E-state index contributed by atoms with van der Waals surface area (Å²) in [6, 6.07) is 12.4. The van der Waals surface area contributed by atoms with Gasteiger partial charge in [-0.1, -0.05) is 30.7 Å². The van der Waals surface area contributed by atoms with Gasteiger partial charge in [-0.05, 0) is 42.3 Å². The lowest BCUT2D eigenvalue weighted by molar-refractivity contribution is 0.414. The highest BCUT2D eigenvalue weighted by Crippen LogP contribution is 2.18. The first kappa shape index (κ1) is 18.3. The highest BCUT2D eigenvalue weighted by Gasteiger charge is 2.17. The first-order valence-corrected chi connectivity index (χ1v) is 9.36. The van der Waals surface area contributed by atoms with Gasteiger partial charge >= 0.3 is 5.69 Å². The number of fused-ring (bicyclic) bond motifs is 3. The molecule has 0 bridgehead atoms. The van der Waals surface area contributed by atoms with Crippen molar-refractivity contribution in [3.63, 3.8) is 0 Å². The quantitative estimate of drug-likeness (QED) is 0.518. The zero-order valence-corrected chi connectivity index (χ0v) is 16.3. The molecule has 4 rings (SSSR count). The Bertz CT molecular complexity index is 1300. The Hall–Kier alpha value is -3.06. The van der Waals surface area contributed by atoms with Gasteiger partial charge in [0.15, 0.2) is 0 Å². The fourth-order valence-electron chi connectivity index (χ4n) is 3.36. The molecular weight excluding hydrogens is 380 g/mol. The van der Waals surface area contributed by atoms with E-state index >= 15 is 0 Å². The van der Waals surface area contributed by atoms with Crippen LogP contribution in [0.4, 0.5) is 0 Å². The standard InChI is InChI=1S/C20H19ClN4O3/c1-3-9-23-18(26)16-8-7-14(21)11-17(16)25-19(23)22-24(20(25)27)12-13-5-4-6-15(10-13)28-2/h4-8,10-11H,3,9,12H2,1-2H3. The smallest absolute Gasteiger partial charge is 0.352 e. The third-order valence-electron chi connectivity index (χ3n) is 4.65. The molecule has 4 aromatic rings. The summed E-state index contributed by atoms with van der Waals surface area (Å²) in [5, 5.41) is 5.36. The van der Waals surface area contributed by atoms with Gasteiger partial charge in [0, 0.05) is 11.6 Å². The Morgan fingerprint density at radius 3 is 2.71 bits per heavy atom. The molecule has 0 fully saturated rings. The van der Waals surface area contributed by atoms with E-state index < -0.39 is 0 Å². The van der Waals surface area contributed by atoms with E-state index in [9.17, 15) is 9.59 Å². The molecule has 0 aliphatic carbocycles. The summed E-state index contributed by atoms with van der Waals surface area (Å²) >= 11 is 6.13. The molecule has 0 spiro atoms. The van der Waals surface area contributed by atoms with Crippen molar-refractivity contribution in [3.05, 3.63) is 73.9 Å². The van der Waals surface area contributed by atoms with E-state index in [1.807, 2.05) is 31.2 Å². The summed E-state index contributed by atoms with van der Waals surface area (Å²) in [4.78, 5) is 26.1. The van der Waals surface area contributed by atoms with E-state index in [2.05, 4.69) is 5.10 Å². The van der Waals surface area contributed by atoms with Crippen molar-refractivity contribution >= 4 is 28.3 Å². The lowest BCUT2D eigenvalue weighted by atomic mass is 10.2. The van der Waals surface area contributed by atoms with Crippen LogP contribution < -0.4 is 16.0 Å². The minimum absolute atomic E-state index is 0.181. The predicted octanol–water partition coefficient (Wildman–Crippen LogP) is 2.93. The molecule has 2 aromatic carbocycles. The topological polar surface area (TPSA) is 70.5 Å². The molecule has 28 heavy (non-hydrogen) atoms. The summed E-state index contributed by atoms with van der Waals surface area (Å²) in [5.74, 6) is 1.02. The monoisotopic (exact) mass is 398 g/mol. The van der Waals surface area contributed by atoms with Crippen molar-refractivity contribution in [2.75, 3.05) is 7.11 Å². The van der Waals surface area contributed by atoms with Crippen molar-refractivity contribution in [1.29, 1.82) is 0 Å². The number of methoxy groups -OCH3 is 1. The van der Waals surface area contributed by atoms with E-state index in [0.717, 1.165) is 12.0 Å². The van der Waals surface area contributed by atoms with Crippen LogP contribution in [0.15, 0.2) is 52.1 Å². The number of nitrogens with zero attached hydrogens (tertiary/aromatic N) is 4. The molecule has 0 unspecified atom stereocenters. The number of benzene rings is 2. The Morgan fingerprint density at radius 2 is 1.96 bits per heavy atom. The normalized spacial score (nSPS) is 11.4. The minimum Gasteiger partial charge on any atom is -0.497 e. The molecule has 0 amide bonds. The van der Waals surface area contributed by atoms with Crippen molar-refractivity contribution in [1.82, 2.24) is 18.7 Å². The molecule has 0 saturated heterocycles. The van der Waals surface area contributed by atoms with E-state index in [-0.39, 0.29) is 17.8 Å². The van der Waals surface area contributed by atoms with Crippen molar-refractivity contribution in [2.45, 2.75) is 26.4 Å². The molecule has 0 saturated carbocycles. The lowest BCUT2D eigenvalue weighted by Crippen LogP contribution is -2.26. The zero-order chi connectivity index (χ0) is 19.8. The maximum Gasteiger partial charge on any atom is 0.352 e. The maximum atomic E-state index is 13.2. The van der Waals surface area contributed by atoms with Gasteiger partial charge in [-0.25, -0.2) is 13.9 Å². The second-order valence-electron chi connectivity index (χ2n) is 6.55. The highest BCUT2D eigenvalue weighted by atomic mass is 35.5. The number of aromatic nitrogens is 4. The Morgan fingerprint density at radius 1 is 1.14 bits per heavy atom. The van der Waals surface area contributed by atoms with Crippen LogP contribution in [0.5, 0.6) is 5.75 Å². The summed E-state index contributed by atoms with van der Waals surface area (Å²) in [7, 11) is 1.59. The molecule has 0 aliphatic rings. The summed E-state index contributed by atoms with van der Waals surface area (Å²) in [6.07, 6.45) is 0.742. The van der Waals surface area contributed by atoms with Crippen LogP contribution in [0, 0.1) is 0 Å². The molecule has 0 atom stereocenters. The Labute approximate surface area is 165 Å². The van der Waals surface area contributed by atoms with Gasteiger partial charge in [-0.3, -0.25) is 9.36 Å². The second kappa shape index (κ2) is 7.16. The number of ether oxygens (including phenoxy) is 1. The average Bonchev–Trinajstić information content (AvgIpc) is 3.01. The van der Waals surface area contributed by atoms with E-state index in [1.165, 1.54) is 9.08 Å². The summed E-state index contributed by atoms with van der Waals surface area (Å²) < 4.78 is 9.60. The van der Waals surface area contributed by atoms with Crippen molar-refractivity contribution in [2.24, 2.45) is 0 Å². The van der Waals surface area contributed by atoms with Crippen LogP contribution in [0.2, 0.25) is 5.02 Å². The molecule has 0 N–H and O–H groups in total. The second-order valence-corrected chi connectivity index (χ2v) is 6.98. The van der Waals surface area contributed by atoms with Crippen LogP contribution in [0.1, 0.15) is 18.9 Å². The van der Waals surface area contributed by atoms with Gasteiger partial charge in [0.25, 0.3) is 5.56 Å². The SMILES string of the molecule is CCCn1c(=O)c2ccc(Cl)cc2n2c(=O)n(Cc3cccc(OC)c3)nc12. The molecule has 0 radical (unpaired) electrons. The molecule has 144 valence electrons. The van der Waals surface area contributed by atoms with Gasteiger partial charge in [0.1, 0.15) is 5.75 Å². The van der Waals surface area contributed by atoms with Gasteiger partial charge in [0.2, 0.25) is 5.78 Å². The third kappa shape index (κ3) is 2.97. The van der Waals surface area contributed by atoms with Gasteiger partial charge in [-0.2, -0.15) is 0 Å². The molecule has 2 heterocycles. The first-order valence-electron chi connectivity index (χ1n) is 8.98. The Kier molecular flexibility index (Phi) is 4.68. The van der Waals surface area contributed by atoms with Crippen LogP contribution >= 0.6 is 11.6 Å². The average molecular weight is 399 g/mol. The number of hydrogen-bond acceptors (Lipinski definition) is 4. The molecule has 2 aromatic heterocycles. The third-order valence-corrected chi connectivity index (χ3v) is 4.89. The van der Waals surface area contributed by atoms with Gasteiger partial charge in [0.05, 0.1) is 24.6 Å². The summed E-state index contributed by atoms with van der Waals surface area (Å²) in [6.45, 7) is 2.71. The fraction of sp³-hybridized carbons (Fsp3) is 0.250. The number of rotatable bonds is 5. The molecule has 7 nitrogen and oxygen atoms in total. The van der Waals surface area contributed by atoms with Crippen LogP contribution in [-0.4, -0.2) is 25.9 Å². The van der Waals surface area contributed by atoms with Gasteiger partial charge < -0.3 is 4.74 Å². The highest BCUT2D eigenvalue weighted by molar-refractivity contribution is 6.31. The van der Waals surface area contributed by atoms with Crippen molar-refractivity contribution in [3.8, 4) is 5.75 Å². The maximum absolute atomic E-state index is 13.2. The summed E-state index contributed by atoms with van der Waals surface area (Å²) in [5.41, 5.74) is 0.827. The Balaban J connectivity index is 1.99. The first-order chi connectivity index (χ1) is 13.5. The zero-order valence-electron chi connectivity index (χ0n) is 15.6.